The van der Waals surface area contributed by atoms with Crippen LogP contribution in [0.1, 0.15) is 60.3 Å². The first-order valence-electron chi connectivity index (χ1n) is 7.76. The van der Waals surface area contributed by atoms with Crippen LogP contribution in [-0.2, 0) is 4.74 Å². The molecule has 2 unspecified atom stereocenters. The lowest BCUT2D eigenvalue weighted by Crippen LogP contribution is -2.38. The van der Waals surface area contributed by atoms with E-state index in [-0.39, 0.29) is 0 Å². The summed E-state index contributed by atoms with van der Waals surface area (Å²) in [4.78, 5) is 0. The zero-order valence-electron chi connectivity index (χ0n) is 13.1. The Morgan fingerprint density at radius 3 is 2.50 bits per heavy atom. The summed E-state index contributed by atoms with van der Waals surface area (Å²) in [6.45, 7) is 14.9. The first-order valence-corrected chi connectivity index (χ1v) is 7.76. The third-order valence-electron chi connectivity index (χ3n) is 4.54. The predicted molar refractivity (Wildman–Crippen MR) is 78.9 cm³/mol. The van der Waals surface area contributed by atoms with Gasteiger partial charge in [0, 0.05) is 13.2 Å². The molecule has 108 valence electrons. The van der Waals surface area contributed by atoms with Gasteiger partial charge < -0.3 is 10.1 Å². The highest BCUT2D eigenvalue weighted by Gasteiger charge is 2.29. The Kier molecular flexibility index (Phi) is 6.65. The molecular weight excluding hydrogens is 222 g/mol. The summed E-state index contributed by atoms with van der Waals surface area (Å²) < 4.78 is 5.75. The molecule has 0 aromatic carbocycles. The molecule has 1 fully saturated rings. The molecule has 1 aliphatic heterocycles. The van der Waals surface area contributed by atoms with E-state index in [0.29, 0.717) is 11.5 Å². The number of hydrogen-bond acceptors (Lipinski definition) is 2. The molecular formula is C16H33NO. The molecule has 0 bridgehead atoms. The third kappa shape index (κ3) is 5.27. The van der Waals surface area contributed by atoms with Gasteiger partial charge in [-0.15, -0.1) is 0 Å². The van der Waals surface area contributed by atoms with E-state index in [2.05, 4.69) is 39.9 Å². The van der Waals surface area contributed by atoms with Gasteiger partial charge in [-0.3, -0.25) is 0 Å². The van der Waals surface area contributed by atoms with E-state index in [4.69, 9.17) is 4.74 Å². The van der Waals surface area contributed by atoms with E-state index < -0.39 is 0 Å². The summed E-state index contributed by atoms with van der Waals surface area (Å²) in [5.41, 5.74) is 0.404. The summed E-state index contributed by atoms with van der Waals surface area (Å²) in [7, 11) is 0. The molecule has 1 aliphatic rings. The molecule has 0 spiro atoms. The van der Waals surface area contributed by atoms with Crippen molar-refractivity contribution >= 4 is 0 Å². The Hall–Kier alpha value is -0.0800. The highest BCUT2D eigenvalue weighted by molar-refractivity contribution is 4.82. The summed E-state index contributed by atoms with van der Waals surface area (Å²) in [6.07, 6.45) is 5.58. The van der Waals surface area contributed by atoms with Crippen molar-refractivity contribution in [2.75, 3.05) is 19.7 Å². The first kappa shape index (κ1) is 16.0. The predicted octanol–water partition coefficient (Wildman–Crippen LogP) is 3.85. The topological polar surface area (TPSA) is 21.3 Å². The average molecular weight is 255 g/mol. The minimum absolute atomic E-state index is 0.404. The van der Waals surface area contributed by atoms with Crippen LogP contribution in [0.3, 0.4) is 0 Å². The Balaban J connectivity index is 2.35. The molecule has 0 aromatic heterocycles. The third-order valence-corrected chi connectivity index (χ3v) is 4.54. The fraction of sp³-hybridized carbons (Fsp3) is 1.00. The lowest BCUT2D eigenvalue weighted by molar-refractivity contribution is 0.0796. The molecule has 1 heterocycles. The number of ether oxygens (including phenoxy) is 1. The molecule has 0 radical (unpaired) electrons. The van der Waals surface area contributed by atoms with Gasteiger partial charge in [0.2, 0.25) is 0 Å². The molecule has 2 nitrogen and oxygen atoms in total. The molecule has 1 N–H and O–H groups in total. The van der Waals surface area contributed by atoms with E-state index in [9.17, 15) is 0 Å². The van der Waals surface area contributed by atoms with Gasteiger partial charge in [0.15, 0.2) is 0 Å². The maximum atomic E-state index is 5.75. The van der Waals surface area contributed by atoms with E-state index in [1.54, 1.807) is 0 Å². The van der Waals surface area contributed by atoms with Gasteiger partial charge in [0.25, 0.3) is 0 Å². The second-order valence-corrected chi connectivity index (χ2v) is 7.01. The van der Waals surface area contributed by atoms with Crippen LogP contribution >= 0.6 is 0 Å². The van der Waals surface area contributed by atoms with Crippen LogP contribution in [0.2, 0.25) is 0 Å². The molecule has 0 amide bonds. The van der Waals surface area contributed by atoms with Crippen molar-refractivity contribution in [1.29, 1.82) is 0 Å². The van der Waals surface area contributed by atoms with Gasteiger partial charge in [0.05, 0.1) is 6.10 Å². The van der Waals surface area contributed by atoms with Gasteiger partial charge in [-0.25, -0.2) is 0 Å². The molecule has 0 aliphatic carbocycles. The Bertz CT molecular complexity index is 221. The van der Waals surface area contributed by atoms with Crippen LogP contribution in [0.4, 0.5) is 0 Å². The second kappa shape index (κ2) is 7.49. The Labute approximate surface area is 114 Å². The van der Waals surface area contributed by atoms with Gasteiger partial charge in [-0.2, -0.15) is 0 Å². The highest BCUT2D eigenvalue weighted by atomic mass is 16.5. The standard InChI is InChI=1S/C16H33NO/c1-13(2)11-17-12-16(5,14(3)4)9-8-15-7-6-10-18-15/h13-15,17H,6-12H2,1-5H3. The van der Waals surface area contributed by atoms with Crippen LogP contribution in [0, 0.1) is 17.3 Å². The van der Waals surface area contributed by atoms with Crippen LogP contribution in [0.15, 0.2) is 0 Å². The molecule has 2 atom stereocenters. The molecule has 1 saturated heterocycles. The number of rotatable bonds is 8. The van der Waals surface area contributed by atoms with Crippen molar-refractivity contribution in [2.45, 2.75) is 66.4 Å². The Morgan fingerprint density at radius 1 is 1.28 bits per heavy atom. The van der Waals surface area contributed by atoms with Gasteiger partial charge >= 0.3 is 0 Å². The van der Waals surface area contributed by atoms with Gasteiger partial charge in [0.1, 0.15) is 0 Å². The summed E-state index contributed by atoms with van der Waals surface area (Å²) in [5.74, 6) is 1.46. The summed E-state index contributed by atoms with van der Waals surface area (Å²) in [5, 5.41) is 3.64. The fourth-order valence-electron chi connectivity index (χ4n) is 2.59. The maximum absolute atomic E-state index is 5.75. The zero-order valence-corrected chi connectivity index (χ0v) is 13.1. The molecule has 0 aromatic rings. The molecule has 18 heavy (non-hydrogen) atoms. The fourth-order valence-corrected chi connectivity index (χ4v) is 2.59. The van der Waals surface area contributed by atoms with Crippen molar-refractivity contribution in [2.24, 2.45) is 17.3 Å². The maximum Gasteiger partial charge on any atom is 0.0576 e. The van der Waals surface area contributed by atoms with Crippen molar-refractivity contribution in [3.8, 4) is 0 Å². The smallest absolute Gasteiger partial charge is 0.0576 e. The Morgan fingerprint density at radius 2 is 2.00 bits per heavy atom. The second-order valence-electron chi connectivity index (χ2n) is 7.01. The lowest BCUT2D eigenvalue weighted by atomic mass is 9.74. The van der Waals surface area contributed by atoms with Crippen LogP contribution in [0.5, 0.6) is 0 Å². The van der Waals surface area contributed by atoms with Crippen LogP contribution in [-0.4, -0.2) is 25.8 Å². The van der Waals surface area contributed by atoms with Gasteiger partial charge in [-0.05, 0) is 49.5 Å². The van der Waals surface area contributed by atoms with Crippen LogP contribution in [0.25, 0.3) is 0 Å². The molecule has 2 heteroatoms. The summed E-state index contributed by atoms with van der Waals surface area (Å²) in [6, 6.07) is 0. The normalized spacial score (nSPS) is 23.8. The minimum atomic E-state index is 0.404. The van der Waals surface area contributed by atoms with E-state index >= 15 is 0 Å². The van der Waals surface area contributed by atoms with E-state index in [1.165, 1.54) is 25.7 Å². The van der Waals surface area contributed by atoms with Crippen molar-refractivity contribution in [1.82, 2.24) is 5.32 Å². The monoisotopic (exact) mass is 255 g/mol. The lowest BCUT2D eigenvalue weighted by Gasteiger charge is -2.35. The average Bonchev–Trinajstić information content (AvgIpc) is 2.78. The highest BCUT2D eigenvalue weighted by Crippen LogP contribution is 2.33. The largest absolute Gasteiger partial charge is 0.378 e. The molecule has 0 saturated carbocycles. The minimum Gasteiger partial charge on any atom is -0.378 e. The quantitative estimate of drug-likeness (QED) is 0.711. The van der Waals surface area contributed by atoms with Crippen molar-refractivity contribution in [3.05, 3.63) is 0 Å². The molecule has 1 rings (SSSR count). The van der Waals surface area contributed by atoms with Gasteiger partial charge in [-0.1, -0.05) is 34.6 Å². The summed E-state index contributed by atoms with van der Waals surface area (Å²) >= 11 is 0. The first-order chi connectivity index (χ1) is 8.44. The number of nitrogens with one attached hydrogen (secondary N) is 1. The van der Waals surface area contributed by atoms with Crippen molar-refractivity contribution < 1.29 is 4.74 Å². The zero-order chi connectivity index (χ0) is 13.6. The SMILES string of the molecule is CC(C)CNCC(C)(CCC1CCCO1)C(C)C. The van der Waals surface area contributed by atoms with E-state index in [1.807, 2.05) is 0 Å². The van der Waals surface area contributed by atoms with E-state index in [0.717, 1.165) is 31.5 Å². The van der Waals surface area contributed by atoms with Crippen LogP contribution < -0.4 is 5.32 Å². The van der Waals surface area contributed by atoms with Crippen molar-refractivity contribution in [3.63, 3.8) is 0 Å². The number of hydrogen-bond donors (Lipinski definition) is 1.